The zero-order valence-electron chi connectivity index (χ0n) is 30.0. The Labute approximate surface area is 332 Å². The number of ketones is 2. The van der Waals surface area contributed by atoms with Gasteiger partial charge in [-0.15, -0.1) is 0 Å². The van der Waals surface area contributed by atoms with Gasteiger partial charge in [0, 0.05) is 55.8 Å². The number of aliphatic hydroxyl groups excluding tert-OH is 2. The molecule has 0 heterocycles. The summed E-state index contributed by atoms with van der Waals surface area (Å²) in [6.07, 6.45) is 2.72. The van der Waals surface area contributed by atoms with Crippen LogP contribution in [0, 0.1) is 25.7 Å². The number of phenols is 2. The lowest BCUT2D eigenvalue weighted by Gasteiger charge is -2.29. The lowest BCUT2D eigenvalue weighted by molar-refractivity contribution is -0.113. The lowest BCUT2D eigenvalue weighted by Crippen LogP contribution is -2.20. The van der Waals surface area contributed by atoms with E-state index in [9.17, 15) is 30.0 Å². The number of halogens is 4. The third kappa shape index (κ3) is 6.62. The molecule has 0 aromatic heterocycles. The largest absolute Gasteiger partial charge is 0.507 e. The number of rotatable bonds is 7. The summed E-state index contributed by atoms with van der Waals surface area (Å²) in [5.74, 6) is -3.67. The average Bonchev–Trinajstić information content (AvgIpc) is 3.08. The van der Waals surface area contributed by atoms with Crippen LogP contribution in [0.4, 0.5) is 11.4 Å². The smallest absolute Gasteiger partial charge is 0.229 e. The van der Waals surface area contributed by atoms with Crippen molar-refractivity contribution in [3.8, 4) is 22.6 Å². The maximum atomic E-state index is 13.9. The van der Waals surface area contributed by atoms with Crippen LogP contribution in [-0.4, -0.2) is 32.0 Å². The van der Waals surface area contributed by atoms with Gasteiger partial charge in [0.2, 0.25) is 11.6 Å². The van der Waals surface area contributed by atoms with E-state index in [2.05, 4.69) is 10.6 Å². The van der Waals surface area contributed by atoms with Crippen molar-refractivity contribution < 1.29 is 30.0 Å². The summed E-state index contributed by atoms with van der Waals surface area (Å²) in [5, 5.41) is 54.5. The highest BCUT2D eigenvalue weighted by molar-refractivity contribution is 6.38. The first-order valence-corrected chi connectivity index (χ1v) is 18.5. The fourth-order valence-corrected chi connectivity index (χ4v) is 8.07. The molecule has 4 aromatic rings. The summed E-state index contributed by atoms with van der Waals surface area (Å²) in [6, 6.07) is 13.0. The third-order valence-electron chi connectivity index (χ3n) is 9.56. The number of aliphatic hydroxyl groups is 2. The Morgan fingerprint density at radius 2 is 0.907 bits per heavy atom. The average molecular weight is 807 g/mol. The standard InChI is InChI=1S/C42H36Cl4N2O6/c1-17(2)31-23-11-19(5)33(39(51)35(23)25(37(49)41(31)53)15-47-29-9-7-21(43)13-27(29)45)34-20(6)12-24-32(18(3)4)42(54)38(50)26(36(24)40(34)52)16-48-30-10-8-22(44)14-28(30)46/h7-18,47-48,51-54H,1-6H3. The summed E-state index contributed by atoms with van der Waals surface area (Å²) < 4.78 is 0. The number of hydrogen-bond acceptors (Lipinski definition) is 8. The van der Waals surface area contributed by atoms with Gasteiger partial charge in [0.25, 0.3) is 0 Å². The minimum Gasteiger partial charge on any atom is -0.507 e. The van der Waals surface area contributed by atoms with E-state index in [1.165, 1.54) is 24.5 Å². The van der Waals surface area contributed by atoms with Crippen molar-refractivity contribution >= 4 is 91.6 Å². The first kappa shape index (κ1) is 38.9. The predicted molar refractivity (Wildman–Crippen MR) is 220 cm³/mol. The molecule has 0 unspecified atom stereocenters. The number of carbonyl (C=O) groups is 2. The summed E-state index contributed by atoms with van der Waals surface area (Å²) in [7, 11) is 0. The third-order valence-corrected chi connectivity index (χ3v) is 10.7. The Kier molecular flexibility index (Phi) is 10.6. The first-order chi connectivity index (χ1) is 25.4. The fourth-order valence-electron chi connectivity index (χ4n) is 7.14. The maximum Gasteiger partial charge on any atom is 0.229 e. The van der Waals surface area contributed by atoms with Crippen molar-refractivity contribution in [2.45, 2.75) is 41.5 Å². The molecule has 6 N–H and O–H groups in total. The van der Waals surface area contributed by atoms with Crippen LogP contribution in [0.5, 0.6) is 11.5 Å². The second kappa shape index (κ2) is 14.8. The quantitative estimate of drug-likeness (QED) is 0.102. The van der Waals surface area contributed by atoms with Crippen molar-refractivity contribution in [3.05, 3.63) is 126 Å². The SMILES string of the molecule is Cc1cc2c(c(O)c1-c1c(C)cc3c(c1O)C(=CNc1ccc(Cl)cc1Cl)C(=O)C(O)=C3C(C)C)C(=CNc1ccc(Cl)cc1Cl)C(=O)C(O)=C2C(C)C. The summed E-state index contributed by atoms with van der Waals surface area (Å²) in [5.41, 5.74) is 3.97. The Balaban J connectivity index is 1.63. The van der Waals surface area contributed by atoms with Crippen molar-refractivity contribution in [1.29, 1.82) is 0 Å². The molecule has 2 aliphatic carbocycles. The highest BCUT2D eigenvalue weighted by Gasteiger charge is 2.38. The number of Topliss-reactive ketones (excluding diaryl/α,β-unsaturated/α-hetero) is 2. The molecule has 0 atom stereocenters. The number of aromatic hydroxyl groups is 2. The molecule has 278 valence electrons. The normalized spacial score (nSPS) is 15.9. The van der Waals surface area contributed by atoms with Crippen molar-refractivity contribution in [2.24, 2.45) is 11.8 Å². The Hall–Kier alpha value is -4.86. The number of fused-ring (bicyclic) bond motifs is 2. The topological polar surface area (TPSA) is 139 Å². The molecule has 0 fully saturated rings. The molecule has 0 bridgehead atoms. The molecule has 8 nitrogen and oxygen atoms in total. The number of carbonyl (C=O) groups excluding carboxylic acids is 2. The highest BCUT2D eigenvalue weighted by Crippen LogP contribution is 2.53. The van der Waals surface area contributed by atoms with Crippen LogP contribution in [0.3, 0.4) is 0 Å². The number of aryl methyl sites for hydroxylation is 2. The van der Waals surface area contributed by atoms with Crippen molar-refractivity contribution in [3.63, 3.8) is 0 Å². The molecule has 0 aliphatic heterocycles. The van der Waals surface area contributed by atoms with E-state index in [0.717, 1.165) is 0 Å². The van der Waals surface area contributed by atoms with Crippen LogP contribution >= 0.6 is 46.4 Å². The predicted octanol–water partition coefficient (Wildman–Crippen LogP) is 11.9. The molecule has 0 spiro atoms. The number of phenolic OH excluding ortho intramolecular Hbond substituents is 2. The van der Waals surface area contributed by atoms with E-state index in [1.54, 1.807) is 50.2 Å². The minimum absolute atomic E-state index is 0.0541. The van der Waals surface area contributed by atoms with E-state index in [1.807, 2.05) is 27.7 Å². The molecule has 0 saturated carbocycles. The van der Waals surface area contributed by atoms with Gasteiger partial charge in [-0.1, -0.05) is 86.2 Å². The molecular weight excluding hydrogens is 770 g/mol. The van der Waals surface area contributed by atoms with E-state index >= 15 is 0 Å². The molecule has 0 amide bonds. The number of benzene rings is 4. The minimum atomic E-state index is -0.731. The zero-order chi connectivity index (χ0) is 39.5. The number of nitrogens with one attached hydrogen (secondary N) is 2. The van der Waals surface area contributed by atoms with Crippen LogP contribution in [0.2, 0.25) is 20.1 Å². The number of hydrogen-bond donors (Lipinski definition) is 6. The molecule has 54 heavy (non-hydrogen) atoms. The van der Waals surface area contributed by atoms with Gasteiger partial charge in [-0.05, 0) is 84.3 Å². The van der Waals surface area contributed by atoms with Gasteiger partial charge in [-0.25, -0.2) is 0 Å². The van der Waals surface area contributed by atoms with Crippen LogP contribution in [0.15, 0.2) is 72.4 Å². The van der Waals surface area contributed by atoms with Crippen LogP contribution in [0.1, 0.15) is 61.1 Å². The Morgan fingerprint density at radius 1 is 0.556 bits per heavy atom. The number of anilines is 2. The van der Waals surface area contributed by atoms with Gasteiger partial charge in [-0.3, -0.25) is 9.59 Å². The molecule has 2 aliphatic rings. The molecule has 0 saturated heterocycles. The van der Waals surface area contributed by atoms with Gasteiger partial charge in [-0.2, -0.15) is 0 Å². The van der Waals surface area contributed by atoms with Gasteiger partial charge >= 0.3 is 0 Å². The van der Waals surface area contributed by atoms with Gasteiger partial charge in [0.1, 0.15) is 11.5 Å². The molecule has 6 rings (SSSR count). The fraction of sp³-hybridized carbons (Fsp3) is 0.190. The second-order valence-electron chi connectivity index (χ2n) is 13.8. The summed E-state index contributed by atoms with van der Waals surface area (Å²) >= 11 is 25.0. The zero-order valence-corrected chi connectivity index (χ0v) is 33.1. The van der Waals surface area contributed by atoms with Crippen LogP contribution in [-0.2, 0) is 9.59 Å². The van der Waals surface area contributed by atoms with E-state index in [4.69, 9.17) is 46.4 Å². The number of allylic oxidation sites excluding steroid dienone is 4. The Morgan fingerprint density at radius 3 is 1.22 bits per heavy atom. The van der Waals surface area contributed by atoms with Crippen LogP contribution < -0.4 is 10.6 Å². The molecular formula is C42H36Cl4N2O6. The van der Waals surface area contributed by atoms with Gasteiger partial charge in [0.05, 0.1) is 32.6 Å². The summed E-state index contributed by atoms with van der Waals surface area (Å²) in [4.78, 5) is 27.8. The van der Waals surface area contributed by atoms with E-state index in [0.29, 0.717) is 54.8 Å². The van der Waals surface area contributed by atoms with Crippen LogP contribution in [0.25, 0.3) is 33.4 Å². The van der Waals surface area contributed by atoms with Gasteiger partial charge < -0.3 is 31.1 Å². The van der Waals surface area contributed by atoms with Crippen molar-refractivity contribution in [2.75, 3.05) is 10.6 Å². The molecule has 4 aromatic carbocycles. The molecule has 0 radical (unpaired) electrons. The molecule has 12 heteroatoms. The summed E-state index contributed by atoms with van der Waals surface area (Å²) in [6.45, 7) is 10.8. The first-order valence-electron chi connectivity index (χ1n) is 17.0. The monoisotopic (exact) mass is 804 g/mol. The van der Waals surface area contributed by atoms with E-state index in [-0.39, 0.29) is 66.8 Å². The second-order valence-corrected chi connectivity index (χ2v) is 15.5. The van der Waals surface area contributed by atoms with Crippen molar-refractivity contribution in [1.82, 2.24) is 0 Å². The van der Waals surface area contributed by atoms with E-state index < -0.39 is 23.1 Å². The Bertz CT molecular complexity index is 2270. The lowest BCUT2D eigenvalue weighted by atomic mass is 9.75. The maximum absolute atomic E-state index is 13.9. The highest BCUT2D eigenvalue weighted by atomic mass is 35.5. The van der Waals surface area contributed by atoms with Gasteiger partial charge in [0.15, 0.2) is 11.5 Å².